The van der Waals surface area contributed by atoms with Crippen LogP contribution in [0, 0.1) is 23.7 Å². The maximum absolute atomic E-state index is 13.6. The fourth-order valence-corrected chi connectivity index (χ4v) is 6.43. The van der Waals surface area contributed by atoms with E-state index in [-0.39, 0.29) is 36.1 Å². The van der Waals surface area contributed by atoms with E-state index in [0.717, 1.165) is 18.4 Å². The third-order valence-electron chi connectivity index (χ3n) is 7.51. The highest BCUT2D eigenvalue weighted by atomic mass is 16.7. The molecular weight excluding hydrogens is 320 g/mol. The first kappa shape index (κ1) is 17.7. The third-order valence-corrected chi connectivity index (χ3v) is 7.51. The molecule has 0 radical (unpaired) electrons. The van der Waals surface area contributed by atoms with Crippen molar-refractivity contribution in [3.63, 3.8) is 0 Å². The van der Waals surface area contributed by atoms with Crippen LogP contribution in [-0.4, -0.2) is 45.2 Å². The van der Waals surface area contributed by atoms with Crippen molar-refractivity contribution in [2.75, 3.05) is 0 Å². The lowest BCUT2D eigenvalue weighted by molar-refractivity contribution is -0.277. The second-order valence-corrected chi connectivity index (χ2v) is 9.22. The Hall–Kier alpha value is -0.750. The summed E-state index contributed by atoms with van der Waals surface area (Å²) < 4.78 is 12.6. The minimum absolute atomic E-state index is 0.0541. The lowest BCUT2D eigenvalue weighted by Crippen LogP contribution is -2.72. The molecule has 2 aliphatic heterocycles. The van der Waals surface area contributed by atoms with Crippen molar-refractivity contribution in [2.24, 2.45) is 23.7 Å². The minimum Gasteiger partial charge on any atom is -0.381 e. The summed E-state index contributed by atoms with van der Waals surface area (Å²) in [6, 6.07) is 0. The van der Waals surface area contributed by atoms with Gasteiger partial charge >= 0.3 is 0 Å². The van der Waals surface area contributed by atoms with Gasteiger partial charge in [0.25, 0.3) is 0 Å². The highest BCUT2D eigenvalue weighted by Crippen LogP contribution is 2.65. The van der Waals surface area contributed by atoms with Gasteiger partial charge < -0.3 is 19.7 Å². The summed E-state index contributed by atoms with van der Waals surface area (Å²) in [5.41, 5.74) is -1.93. The number of hydrogen-bond acceptors (Lipinski definition) is 5. The fourth-order valence-electron chi connectivity index (χ4n) is 6.43. The molecule has 0 unspecified atom stereocenters. The van der Waals surface area contributed by atoms with Crippen LogP contribution in [0.15, 0.2) is 11.6 Å². The Morgan fingerprint density at radius 1 is 1.24 bits per heavy atom. The number of allylic oxidation sites excluding steroid dienone is 1. The molecule has 2 saturated carbocycles. The molecule has 5 nitrogen and oxygen atoms in total. The first-order valence-corrected chi connectivity index (χ1v) is 9.52. The van der Waals surface area contributed by atoms with Gasteiger partial charge in [0.05, 0.1) is 11.5 Å². The van der Waals surface area contributed by atoms with E-state index >= 15 is 0 Å². The van der Waals surface area contributed by atoms with Gasteiger partial charge in [0, 0.05) is 12.3 Å². The molecule has 0 spiro atoms. The molecule has 2 bridgehead atoms. The lowest BCUT2D eigenvalue weighted by Gasteiger charge is -2.57. The molecule has 9 atom stereocenters. The Morgan fingerprint density at radius 2 is 1.92 bits per heavy atom. The number of ketones is 1. The number of hydrogen-bond donors (Lipinski definition) is 2. The second-order valence-electron chi connectivity index (χ2n) is 9.22. The first-order valence-electron chi connectivity index (χ1n) is 9.52. The summed E-state index contributed by atoms with van der Waals surface area (Å²) in [7, 11) is 0. The Balaban J connectivity index is 1.92. The minimum atomic E-state index is -1.30. The topological polar surface area (TPSA) is 76.0 Å². The van der Waals surface area contributed by atoms with Crippen molar-refractivity contribution < 1.29 is 24.5 Å². The van der Waals surface area contributed by atoms with Gasteiger partial charge in [0.15, 0.2) is 12.1 Å². The van der Waals surface area contributed by atoms with E-state index in [0.29, 0.717) is 0 Å². The quantitative estimate of drug-likeness (QED) is 0.709. The number of carbonyl (C=O) groups is 1. The SMILES string of the molecule is CC(C)=C[C@H]1O[C@@]2(C)C[C@H](O)O[C@]13[C@H]2C(=O)[C@@]1(O)[C@@H](C)CC[C@H]1[C@@H]3C. The molecule has 0 aromatic carbocycles. The van der Waals surface area contributed by atoms with Gasteiger partial charge in [0.1, 0.15) is 17.3 Å². The number of fused-ring (bicyclic) bond motifs is 1. The Bertz CT molecular complexity index is 640. The third kappa shape index (κ3) is 1.96. The largest absolute Gasteiger partial charge is 0.381 e. The van der Waals surface area contributed by atoms with Crippen LogP contribution in [0.25, 0.3) is 0 Å². The van der Waals surface area contributed by atoms with E-state index in [2.05, 4.69) is 6.92 Å². The molecule has 4 fully saturated rings. The van der Waals surface area contributed by atoms with E-state index < -0.39 is 29.0 Å². The van der Waals surface area contributed by atoms with Crippen LogP contribution in [0.3, 0.4) is 0 Å². The number of Topliss-reactive ketones (excluding diaryl/α,β-unsaturated/α-hetero) is 1. The van der Waals surface area contributed by atoms with Gasteiger partial charge in [-0.2, -0.15) is 0 Å². The van der Waals surface area contributed by atoms with Crippen molar-refractivity contribution in [3.8, 4) is 0 Å². The lowest BCUT2D eigenvalue weighted by atomic mass is 9.52. The van der Waals surface area contributed by atoms with E-state index in [9.17, 15) is 15.0 Å². The highest BCUT2D eigenvalue weighted by Gasteiger charge is 2.78. The first-order chi connectivity index (χ1) is 11.6. The van der Waals surface area contributed by atoms with Crippen molar-refractivity contribution in [1.82, 2.24) is 0 Å². The maximum Gasteiger partial charge on any atom is 0.173 e. The molecule has 5 heteroatoms. The van der Waals surface area contributed by atoms with Crippen LogP contribution in [0.5, 0.6) is 0 Å². The van der Waals surface area contributed by atoms with Crippen LogP contribution < -0.4 is 0 Å². The number of aliphatic hydroxyl groups is 2. The van der Waals surface area contributed by atoms with Crippen molar-refractivity contribution in [2.45, 2.75) is 83.1 Å². The molecule has 2 aliphatic carbocycles. The summed E-state index contributed by atoms with van der Waals surface area (Å²) >= 11 is 0. The van der Waals surface area contributed by atoms with Crippen LogP contribution in [0.2, 0.25) is 0 Å². The van der Waals surface area contributed by atoms with Gasteiger partial charge in [-0.1, -0.05) is 25.5 Å². The summed E-state index contributed by atoms with van der Waals surface area (Å²) in [5, 5.41) is 21.8. The number of ether oxygens (including phenoxy) is 2. The zero-order chi connectivity index (χ0) is 18.4. The molecule has 4 aliphatic rings. The highest BCUT2D eigenvalue weighted by molar-refractivity contribution is 5.94. The molecule has 0 amide bonds. The van der Waals surface area contributed by atoms with Crippen LogP contribution >= 0.6 is 0 Å². The van der Waals surface area contributed by atoms with Crippen LogP contribution in [-0.2, 0) is 14.3 Å². The summed E-state index contributed by atoms with van der Waals surface area (Å²) in [4.78, 5) is 13.6. The average Bonchev–Trinajstić information content (AvgIpc) is 2.87. The van der Waals surface area contributed by atoms with Gasteiger partial charge in [-0.05, 0) is 45.4 Å². The number of aliphatic hydroxyl groups excluding tert-OH is 1. The molecular formula is C20H30O5. The van der Waals surface area contributed by atoms with Crippen LogP contribution in [0.4, 0.5) is 0 Å². The van der Waals surface area contributed by atoms with Gasteiger partial charge in [-0.3, -0.25) is 4.79 Å². The second kappa shape index (κ2) is 5.16. The molecule has 140 valence electrons. The normalized spacial score (nSPS) is 57.2. The molecule has 25 heavy (non-hydrogen) atoms. The van der Waals surface area contributed by atoms with E-state index in [1.165, 1.54) is 0 Å². The predicted molar refractivity (Wildman–Crippen MR) is 91.6 cm³/mol. The summed E-state index contributed by atoms with van der Waals surface area (Å²) in [6.07, 6.45) is 2.58. The van der Waals surface area contributed by atoms with Gasteiger partial charge in [-0.25, -0.2) is 0 Å². The van der Waals surface area contributed by atoms with Crippen molar-refractivity contribution in [1.29, 1.82) is 0 Å². The summed E-state index contributed by atoms with van der Waals surface area (Å²) in [5.74, 6) is -0.986. The zero-order valence-corrected chi connectivity index (χ0v) is 15.8. The summed E-state index contributed by atoms with van der Waals surface area (Å²) in [6.45, 7) is 9.93. The van der Waals surface area contributed by atoms with Crippen LogP contribution in [0.1, 0.15) is 53.9 Å². The van der Waals surface area contributed by atoms with Crippen molar-refractivity contribution >= 4 is 5.78 Å². The molecule has 2 saturated heterocycles. The smallest absolute Gasteiger partial charge is 0.173 e. The number of carbonyl (C=O) groups excluding carboxylic acids is 1. The van der Waals surface area contributed by atoms with Crippen molar-refractivity contribution in [3.05, 3.63) is 11.6 Å². The van der Waals surface area contributed by atoms with E-state index in [1.54, 1.807) is 0 Å². The predicted octanol–water partition coefficient (Wildman–Crippen LogP) is 2.20. The van der Waals surface area contributed by atoms with E-state index in [1.807, 2.05) is 33.8 Å². The molecule has 4 rings (SSSR count). The van der Waals surface area contributed by atoms with E-state index in [4.69, 9.17) is 9.47 Å². The van der Waals surface area contributed by atoms with Gasteiger partial charge in [0.2, 0.25) is 0 Å². The Morgan fingerprint density at radius 3 is 2.56 bits per heavy atom. The molecule has 2 heterocycles. The average molecular weight is 350 g/mol. The Labute approximate surface area is 149 Å². The monoisotopic (exact) mass is 350 g/mol. The molecule has 0 aromatic heterocycles. The molecule has 0 aromatic rings. The zero-order valence-electron chi connectivity index (χ0n) is 15.8. The standard InChI is InChI=1S/C20H30O5/c1-10(2)8-14-20-12(4)13-7-6-11(3)19(13,23)17(22)16(20)18(5,24-14)9-15(21)25-20/h8,11-16,21,23H,6-7,9H2,1-5H3/t11-,12-,13-,14+,15+,16-,18-,19+,20-/m0/s1. The maximum atomic E-state index is 13.6. The van der Waals surface area contributed by atoms with Gasteiger partial charge in [-0.15, -0.1) is 0 Å². The molecule has 2 N–H and O–H groups in total. The Kier molecular flexibility index (Phi) is 3.64. The number of rotatable bonds is 1. The fraction of sp³-hybridized carbons (Fsp3) is 0.850.